The Morgan fingerprint density at radius 2 is 2.22 bits per heavy atom. The topological polar surface area (TPSA) is 48.4 Å². The van der Waals surface area contributed by atoms with Crippen LogP contribution in [0.1, 0.15) is 30.9 Å². The third-order valence-corrected chi connectivity index (χ3v) is 5.28. The van der Waals surface area contributed by atoms with Crippen LogP contribution in [0.3, 0.4) is 0 Å². The van der Waals surface area contributed by atoms with Gasteiger partial charge in [-0.2, -0.15) is 11.3 Å². The van der Waals surface area contributed by atoms with Crippen molar-refractivity contribution in [2.24, 2.45) is 0 Å². The summed E-state index contributed by atoms with van der Waals surface area (Å²) in [5.41, 5.74) is 1.50. The number of hydrogen-bond donors (Lipinski definition) is 2. The van der Waals surface area contributed by atoms with Crippen LogP contribution < -0.4 is 5.32 Å². The van der Waals surface area contributed by atoms with E-state index in [0.717, 1.165) is 38.0 Å². The van der Waals surface area contributed by atoms with Gasteiger partial charge in [0.05, 0.1) is 5.60 Å². The van der Waals surface area contributed by atoms with Crippen molar-refractivity contribution in [3.05, 3.63) is 52.5 Å². The molecule has 23 heavy (non-hydrogen) atoms. The summed E-state index contributed by atoms with van der Waals surface area (Å²) in [5, 5.41) is 18.2. The first kappa shape index (κ1) is 16.6. The van der Waals surface area contributed by atoms with Gasteiger partial charge in [-0.3, -0.25) is 9.88 Å². The highest BCUT2D eigenvalue weighted by atomic mass is 32.1. The molecule has 2 aromatic rings. The monoisotopic (exact) mass is 331 g/mol. The first-order chi connectivity index (χ1) is 11.1. The Bertz CT molecular complexity index is 578. The van der Waals surface area contributed by atoms with Gasteiger partial charge in [-0.05, 0) is 66.9 Å². The maximum Gasteiger partial charge on any atom is 0.1000 e. The zero-order valence-corrected chi connectivity index (χ0v) is 14.4. The number of aromatic nitrogens is 1. The Hall–Kier alpha value is -1.27. The van der Waals surface area contributed by atoms with Gasteiger partial charge in [-0.25, -0.2) is 0 Å². The molecule has 5 heteroatoms. The number of rotatable bonds is 6. The molecule has 0 saturated carbocycles. The maximum absolute atomic E-state index is 10.6. The van der Waals surface area contributed by atoms with Crippen molar-refractivity contribution in [2.75, 3.05) is 19.6 Å². The Kier molecular flexibility index (Phi) is 5.43. The normalized spacial score (nSPS) is 19.6. The summed E-state index contributed by atoms with van der Waals surface area (Å²) in [5.74, 6) is 0. The van der Waals surface area contributed by atoms with Crippen molar-refractivity contribution in [3.63, 3.8) is 0 Å². The lowest BCUT2D eigenvalue weighted by molar-refractivity contribution is 0.0503. The van der Waals surface area contributed by atoms with E-state index in [0.29, 0.717) is 12.6 Å². The number of nitrogens with zero attached hydrogens (tertiary/aromatic N) is 2. The molecule has 3 heterocycles. The second kappa shape index (κ2) is 7.53. The highest BCUT2D eigenvalue weighted by molar-refractivity contribution is 7.08. The molecule has 1 aliphatic rings. The van der Waals surface area contributed by atoms with E-state index in [-0.39, 0.29) is 0 Å². The Morgan fingerprint density at radius 3 is 2.87 bits per heavy atom. The summed E-state index contributed by atoms with van der Waals surface area (Å²) in [7, 11) is 0. The summed E-state index contributed by atoms with van der Waals surface area (Å²) in [4.78, 5) is 6.66. The fourth-order valence-corrected chi connectivity index (χ4v) is 3.84. The highest BCUT2D eigenvalue weighted by Crippen LogP contribution is 2.23. The first-order valence-electron chi connectivity index (χ1n) is 8.23. The molecule has 0 amide bonds. The van der Waals surface area contributed by atoms with E-state index in [4.69, 9.17) is 0 Å². The summed E-state index contributed by atoms with van der Waals surface area (Å²) in [6, 6.07) is 6.62. The van der Waals surface area contributed by atoms with Gasteiger partial charge in [-0.1, -0.05) is 6.07 Å². The number of nitrogens with one attached hydrogen (secondary N) is 1. The summed E-state index contributed by atoms with van der Waals surface area (Å²) >= 11 is 1.63. The molecule has 124 valence electrons. The molecule has 0 spiro atoms. The zero-order valence-electron chi connectivity index (χ0n) is 13.6. The Labute approximate surface area is 142 Å². The van der Waals surface area contributed by atoms with Crippen LogP contribution in [0.2, 0.25) is 0 Å². The molecule has 0 radical (unpaired) electrons. The molecule has 1 saturated heterocycles. The molecule has 1 unspecified atom stereocenters. The zero-order chi connectivity index (χ0) is 16.1. The van der Waals surface area contributed by atoms with Crippen LogP contribution >= 0.6 is 11.3 Å². The van der Waals surface area contributed by atoms with Crippen molar-refractivity contribution in [1.82, 2.24) is 15.2 Å². The molecule has 2 N–H and O–H groups in total. The number of hydrogen-bond acceptors (Lipinski definition) is 5. The molecule has 2 aromatic heterocycles. The molecule has 0 aliphatic carbocycles. The van der Waals surface area contributed by atoms with Crippen LogP contribution in [0.5, 0.6) is 0 Å². The third kappa shape index (κ3) is 4.61. The first-order valence-corrected chi connectivity index (χ1v) is 9.17. The van der Waals surface area contributed by atoms with Crippen LogP contribution in [0.15, 0.2) is 41.4 Å². The minimum atomic E-state index is -0.785. The lowest BCUT2D eigenvalue weighted by Crippen LogP contribution is -2.46. The molecule has 3 rings (SSSR count). The van der Waals surface area contributed by atoms with E-state index < -0.39 is 5.60 Å². The van der Waals surface area contributed by atoms with Crippen molar-refractivity contribution in [1.29, 1.82) is 0 Å². The van der Waals surface area contributed by atoms with E-state index in [1.54, 1.807) is 11.3 Å². The van der Waals surface area contributed by atoms with E-state index in [1.165, 1.54) is 5.56 Å². The van der Waals surface area contributed by atoms with Crippen LogP contribution in [-0.4, -0.2) is 40.7 Å². The van der Waals surface area contributed by atoms with Crippen LogP contribution in [0.25, 0.3) is 0 Å². The largest absolute Gasteiger partial charge is 0.384 e. The molecular weight excluding hydrogens is 306 g/mol. The van der Waals surface area contributed by atoms with Gasteiger partial charge < -0.3 is 10.4 Å². The minimum absolute atomic E-state index is 0.491. The number of pyridine rings is 1. The number of likely N-dealkylation sites (tertiary alicyclic amines) is 1. The molecule has 1 fully saturated rings. The Balaban J connectivity index is 1.43. The van der Waals surface area contributed by atoms with E-state index >= 15 is 0 Å². The average Bonchev–Trinajstić information content (AvgIpc) is 3.11. The predicted molar refractivity (Wildman–Crippen MR) is 94.4 cm³/mol. The lowest BCUT2D eigenvalue weighted by atomic mass is 9.97. The minimum Gasteiger partial charge on any atom is -0.384 e. The fraction of sp³-hybridized carbons (Fsp3) is 0.500. The van der Waals surface area contributed by atoms with Gasteiger partial charge in [0.25, 0.3) is 0 Å². The van der Waals surface area contributed by atoms with E-state index in [2.05, 4.69) is 21.3 Å². The SMILES string of the molecule is CC(O)(CNC1CCN(Cc2cccnc2)CC1)c1ccsc1. The van der Waals surface area contributed by atoms with E-state index in [9.17, 15) is 5.11 Å². The standard InChI is InChI=1S/C18H25N3OS/c1-18(22,16-6-10-23-13-16)14-20-17-4-8-21(9-5-17)12-15-3-2-7-19-11-15/h2-3,6-7,10-11,13,17,20,22H,4-5,8-9,12,14H2,1H3. The Morgan fingerprint density at radius 1 is 1.39 bits per heavy atom. The van der Waals surface area contributed by atoms with E-state index in [1.807, 2.05) is 42.2 Å². The van der Waals surface area contributed by atoms with Gasteiger partial charge in [0.15, 0.2) is 0 Å². The van der Waals surface area contributed by atoms with Crippen molar-refractivity contribution >= 4 is 11.3 Å². The lowest BCUT2D eigenvalue weighted by Gasteiger charge is -2.34. The van der Waals surface area contributed by atoms with Crippen molar-refractivity contribution in [2.45, 2.75) is 38.0 Å². The number of aliphatic hydroxyl groups is 1. The molecule has 0 bridgehead atoms. The van der Waals surface area contributed by atoms with Gasteiger partial charge in [0.2, 0.25) is 0 Å². The molecule has 1 atom stereocenters. The smallest absolute Gasteiger partial charge is 0.1000 e. The molecule has 4 nitrogen and oxygen atoms in total. The molecule has 0 aromatic carbocycles. The average molecular weight is 331 g/mol. The van der Waals surface area contributed by atoms with Gasteiger partial charge in [0, 0.05) is 31.5 Å². The van der Waals surface area contributed by atoms with Gasteiger partial charge in [0.1, 0.15) is 0 Å². The predicted octanol–water partition coefficient (Wildman–Crippen LogP) is 2.60. The molecule has 1 aliphatic heterocycles. The van der Waals surface area contributed by atoms with Gasteiger partial charge >= 0.3 is 0 Å². The maximum atomic E-state index is 10.6. The number of piperidine rings is 1. The highest BCUT2D eigenvalue weighted by Gasteiger charge is 2.26. The quantitative estimate of drug-likeness (QED) is 0.854. The van der Waals surface area contributed by atoms with Crippen molar-refractivity contribution < 1.29 is 5.11 Å². The summed E-state index contributed by atoms with van der Waals surface area (Å²) in [6.07, 6.45) is 6.02. The van der Waals surface area contributed by atoms with Crippen LogP contribution in [0.4, 0.5) is 0 Å². The second-order valence-corrected chi connectivity index (χ2v) is 7.36. The summed E-state index contributed by atoms with van der Waals surface area (Å²) < 4.78 is 0. The molecular formula is C18H25N3OS. The van der Waals surface area contributed by atoms with Crippen LogP contribution in [-0.2, 0) is 12.1 Å². The van der Waals surface area contributed by atoms with Gasteiger partial charge in [-0.15, -0.1) is 0 Å². The van der Waals surface area contributed by atoms with Crippen LogP contribution in [0, 0.1) is 0 Å². The number of thiophene rings is 1. The van der Waals surface area contributed by atoms with Crippen molar-refractivity contribution in [3.8, 4) is 0 Å². The second-order valence-electron chi connectivity index (χ2n) is 6.58. The summed E-state index contributed by atoms with van der Waals surface area (Å²) in [6.45, 7) is 5.66. The fourth-order valence-electron chi connectivity index (χ4n) is 3.06. The third-order valence-electron chi connectivity index (χ3n) is 4.59.